The van der Waals surface area contributed by atoms with Gasteiger partial charge < -0.3 is 10.5 Å². The van der Waals surface area contributed by atoms with Crippen molar-refractivity contribution >= 4 is 0 Å². The lowest BCUT2D eigenvalue weighted by Crippen LogP contribution is -2.05. The van der Waals surface area contributed by atoms with Crippen LogP contribution in [0.1, 0.15) is 5.56 Å². The molecule has 0 amide bonds. The van der Waals surface area contributed by atoms with Gasteiger partial charge in [0.25, 0.3) is 0 Å². The average molecular weight is 249 g/mol. The van der Waals surface area contributed by atoms with E-state index in [0.29, 0.717) is 24.3 Å². The predicted octanol–water partition coefficient (Wildman–Crippen LogP) is 3.26. The topological polar surface area (TPSA) is 35.2 Å². The molecule has 2 aromatic rings. The highest BCUT2D eigenvalue weighted by molar-refractivity contribution is 5.39. The number of benzene rings is 2. The molecule has 0 radical (unpaired) electrons. The van der Waals surface area contributed by atoms with Crippen molar-refractivity contribution in [2.75, 3.05) is 6.54 Å². The van der Waals surface area contributed by atoms with Crippen molar-refractivity contribution in [2.24, 2.45) is 5.73 Å². The van der Waals surface area contributed by atoms with Gasteiger partial charge in [-0.15, -0.1) is 0 Å². The Hall–Kier alpha value is -1.94. The molecule has 0 fully saturated rings. The van der Waals surface area contributed by atoms with Crippen LogP contribution in [0.2, 0.25) is 0 Å². The Morgan fingerprint density at radius 2 is 1.72 bits per heavy atom. The van der Waals surface area contributed by atoms with Crippen LogP contribution in [0.5, 0.6) is 11.5 Å². The number of para-hydroxylation sites is 1. The van der Waals surface area contributed by atoms with Crippen molar-refractivity contribution < 1.29 is 13.5 Å². The molecule has 0 aliphatic carbocycles. The minimum Gasteiger partial charge on any atom is -0.454 e. The van der Waals surface area contributed by atoms with Crippen LogP contribution in [0.15, 0.2) is 42.5 Å². The first kappa shape index (κ1) is 12.5. The number of halogens is 2. The van der Waals surface area contributed by atoms with Gasteiger partial charge in [0.2, 0.25) is 0 Å². The minimum atomic E-state index is -0.453. The zero-order chi connectivity index (χ0) is 13.0. The van der Waals surface area contributed by atoms with Crippen LogP contribution in [-0.4, -0.2) is 6.54 Å². The van der Waals surface area contributed by atoms with Crippen molar-refractivity contribution in [3.8, 4) is 11.5 Å². The fourth-order valence-corrected chi connectivity index (χ4v) is 1.64. The van der Waals surface area contributed by atoms with Gasteiger partial charge >= 0.3 is 0 Å². The second-order valence-electron chi connectivity index (χ2n) is 3.82. The van der Waals surface area contributed by atoms with Crippen LogP contribution in [0.25, 0.3) is 0 Å². The lowest BCUT2D eigenvalue weighted by atomic mass is 10.1. The Morgan fingerprint density at radius 1 is 1.00 bits per heavy atom. The molecule has 2 N–H and O–H groups in total. The Labute approximate surface area is 104 Å². The SMILES string of the molecule is NCCc1cccc(F)c1Oc1ccc(F)cc1. The maximum Gasteiger partial charge on any atom is 0.166 e. The summed E-state index contributed by atoms with van der Waals surface area (Å²) < 4.78 is 31.9. The third-order valence-electron chi connectivity index (χ3n) is 2.50. The van der Waals surface area contributed by atoms with Gasteiger partial charge in [0.05, 0.1) is 0 Å². The molecule has 0 heterocycles. The number of hydrogen-bond donors (Lipinski definition) is 1. The standard InChI is InChI=1S/C14H13F2NO/c15-11-4-6-12(7-5-11)18-14-10(8-9-17)2-1-3-13(14)16/h1-7H,8-9,17H2. The van der Waals surface area contributed by atoms with E-state index >= 15 is 0 Å². The largest absolute Gasteiger partial charge is 0.454 e. The molecule has 0 bridgehead atoms. The Balaban J connectivity index is 2.30. The van der Waals surface area contributed by atoms with Crippen LogP contribution < -0.4 is 10.5 Å². The normalized spacial score (nSPS) is 10.4. The summed E-state index contributed by atoms with van der Waals surface area (Å²) in [6.45, 7) is 0.406. The first-order valence-electron chi connectivity index (χ1n) is 5.61. The monoisotopic (exact) mass is 249 g/mol. The molecule has 2 rings (SSSR count). The highest BCUT2D eigenvalue weighted by Gasteiger charge is 2.10. The van der Waals surface area contributed by atoms with Gasteiger partial charge in [0.1, 0.15) is 11.6 Å². The van der Waals surface area contributed by atoms with Crippen LogP contribution >= 0.6 is 0 Å². The summed E-state index contributed by atoms with van der Waals surface area (Å²) in [4.78, 5) is 0. The number of nitrogens with two attached hydrogens (primary N) is 1. The lowest BCUT2D eigenvalue weighted by Gasteiger charge is -2.11. The molecule has 0 saturated heterocycles. The first-order chi connectivity index (χ1) is 8.70. The van der Waals surface area contributed by atoms with E-state index in [-0.39, 0.29) is 11.6 Å². The predicted molar refractivity (Wildman–Crippen MR) is 65.6 cm³/mol. The number of rotatable bonds is 4. The van der Waals surface area contributed by atoms with Crippen molar-refractivity contribution in [3.63, 3.8) is 0 Å². The van der Waals surface area contributed by atoms with E-state index in [9.17, 15) is 8.78 Å². The molecule has 18 heavy (non-hydrogen) atoms. The molecular formula is C14H13F2NO. The van der Waals surface area contributed by atoms with Gasteiger partial charge in [0.15, 0.2) is 11.6 Å². The molecule has 0 saturated carbocycles. The summed E-state index contributed by atoms with van der Waals surface area (Å²) in [5.74, 6) is -0.280. The summed E-state index contributed by atoms with van der Waals surface area (Å²) in [6.07, 6.45) is 0.522. The van der Waals surface area contributed by atoms with E-state index < -0.39 is 5.82 Å². The summed E-state index contributed by atoms with van der Waals surface area (Å²) in [7, 11) is 0. The second-order valence-corrected chi connectivity index (χ2v) is 3.82. The van der Waals surface area contributed by atoms with Crippen molar-refractivity contribution in [1.29, 1.82) is 0 Å². The van der Waals surface area contributed by atoms with Gasteiger partial charge in [0, 0.05) is 0 Å². The van der Waals surface area contributed by atoms with Gasteiger partial charge in [-0.1, -0.05) is 12.1 Å². The van der Waals surface area contributed by atoms with E-state index in [2.05, 4.69) is 0 Å². The fraction of sp³-hybridized carbons (Fsp3) is 0.143. The smallest absolute Gasteiger partial charge is 0.166 e. The summed E-state index contributed by atoms with van der Waals surface area (Å²) in [5, 5.41) is 0. The molecule has 94 valence electrons. The molecule has 2 aromatic carbocycles. The minimum absolute atomic E-state index is 0.148. The first-order valence-corrected chi connectivity index (χ1v) is 5.61. The summed E-state index contributed by atoms with van der Waals surface area (Å²) in [6, 6.07) is 10.1. The molecule has 0 spiro atoms. The van der Waals surface area contributed by atoms with Crippen molar-refractivity contribution in [1.82, 2.24) is 0 Å². The molecule has 0 aliphatic heterocycles. The molecule has 0 atom stereocenters. The Bertz CT molecular complexity index is 526. The molecular weight excluding hydrogens is 236 g/mol. The molecule has 0 aliphatic rings. The lowest BCUT2D eigenvalue weighted by molar-refractivity contribution is 0.435. The third kappa shape index (κ3) is 2.84. The Kier molecular flexibility index (Phi) is 3.89. The van der Waals surface area contributed by atoms with E-state index in [4.69, 9.17) is 10.5 Å². The van der Waals surface area contributed by atoms with Crippen LogP contribution in [0.4, 0.5) is 8.78 Å². The summed E-state index contributed by atoms with van der Waals surface area (Å²) in [5.41, 5.74) is 6.16. The van der Waals surface area contributed by atoms with Gasteiger partial charge in [-0.2, -0.15) is 0 Å². The average Bonchev–Trinajstić information content (AvgIpc) is 2.36. The number of hydrogen-bond acceptors (Lipinski definition) is 2. The zero-order valence-corrected chi connectivity index (χ0v) is 9.70. The van der Waals surface area contributed by atoms with Crippen LogP contribution in [0, 0.1) is 11.6 Å². The maximum absolute atomic E-state index is 13.7. The second kappa shape index (κ2) is 5.60. The number of ether oxygens (including phenoxy) is 1. The summed E-state index contributed by atoms with van der Waals surface area (Å²) >= 11 is 0. The third-order valence-corrected chi connectivity index (χ3v) is 2.50. The Morgan fingerprint density at radius 3 is 2.39 bits per heavy atom. The molecule has 0 aromatic heterocycles. The molecule has 4 heteroatoms. The van der Waals surface area contributed by atoms with E-state index in [1.807, 2.05) is 0 Å². The van der Waals surface area contributed by atoms with Crippen molar-refractivity contribution in [2.45, 2.75) is 6.42 Å². The highest BCUT2D eigenvalue weighted by atomic mass is 19.1. The van der Waals surface area contributed by atoms with Crippen molar-refractivity contribution in [3.05, 3.63) is 59.7 Å². The van der Waals surface area contributed by atoms with Gasteiger partial charge in [-0.25, -0.2) is 8.78 Å². The fourth-order valence-electron chi connectivity index (χ4n) is 1.64. The van der Waals surface area contributed by atoms with E-state index in [1.54, 1.807) is 12.1 Å². The zero-order valence-electron chi connectivity index (χ0n) is 9.70. The highest BCUT2D eigenvalue weighted by Crippen LogP contribution is 2.28. The van der Waals surface area contributed by atoms with Gasteiger partial charge in [-0.05, 0) is 48.9 Å². The van der Waals surface area contributed by atoms with E-state index in [0.717, 1.165) is 0 Å². The maximum atomic E-state index is 13.7. The quantitative estimate of drug-likeness (QED) is 0.902. The van der Waals surface area contributed by atoms with Gasteiger partial charge in [-0.3, -0.25) is 0 Å². The molecule has 0 unspecified atom stereocenters. The van der Waals surface area contributed by atoms with E-state index in [1.165, 1.54) is 30.3 Å². The van der Waals surface area contributed by atoms with Crippen LogP contribution in [0.3, 0.4) is 0 Å². The molecule has 2 nitrogen and oxygen atoms in total. The van der Waals surface area contributed by atoms with Crippen LogP contribution in [-0.2, 0) is 6.42 Å².